The average Bonchev–Trinajstić information content (AvgIpc) is 3.28. The zero-order valence-corrected chi connectivity index (χ0v) is 25.4. The molecule has 2 N–H and O–H groups in total. The fraction of sp³-hybridized carbons (Fsp3) is 0.912. The van der Waals surface area contributed by atoms with Crippen LogP contribution in [0.5, 0.6) is 0 Å². The number of allylic oxidation sites excluding steroid dienone is 1. The molecule has 0 unspecified atom stereocenters. The van der Waals surface area contributed by atoms with Crippen LogP contribution in [0.15, 0.2) is 12.2 Å². The number of rotatable bonds is 2. The maximum atomic E-state index is 14.5. The lowest BCUT2D eigenvalue weighted by atomic mass is 9.32. The Kier molecular flexibility index (Phi) is 6.33. The van der Waals surface area contributed by atoms with Crippen LogP contribution in [0.3, 0.4) is 0 Å². The smallest absolute Gasteiger partial charge is 0.229 e. The van der Waals surface area contributed by atoms with E-state index < -0.39 is 0 Å². The van der Waals surface area contributed by atoms with E-state index in [1.807, 2.05) is 0 Å². The zero-order valence-electron chi connectivity index (χ0n) is 25.4. The maximum absolute atomic E-state index is 14.5. The van der Waals surface area contributed by atoms with Crippen molar-refractivity contribution in [3.05, 3.63) is 12.2 Å². The van der Waals surface area contributed by atoms with Crippen molar-refractivity contribution in [1.29, 1.82) is 0 Å². The van der Waals surface area contributed by atoms with Gasteiger partial charge in [-0.2, -0.15) is 0 Å². The second kappa shape index (κ2) is 8.81. The lowest BCUT2D eigenvalue weighted by Gasteiger charge is -2.73. The zero-order chi connectivity index (χ0) is 27.3. The summed E-state index contributed by atoms with van der Waals surface area (Å²) in [6.45, 7) is 23.0. The standard InChI is InChI=1S/C34H56N2O2/c1-22(2)23-10-15-34(29(38)36-20-18-35-19-21-36)17-16-32(6)24(28(23)34)8-9-26-31(5)13-12-27(37)30(3,4)25(31)11-14-33(26,32)7/h23-28,35,37H,1,8-21H2,2-7H3/t23-,24+,25-,26+,27-,28+,31-,32+,33+,34-/m0/s1. The summed E-state index contributed by atoms with van der Waals surface area (Å²) in [5, 5.41) is 14.5. The molecule has 10 atom stereocenters. The number of fused-ring (bicyclic) bond motifs is 7. The summed E-state index contributed by atoms with van der Waals surface area (Å²) in [6, 6.07) is 0. The fourth-order valence-corrected chi connectivity index (χ4v) is 12.7. The number of piperazine rings is 1. The monoisotopic (exact) mass is 524 g/mol. The molecular weight excluding hydrogens is 468 g/mol. The molecule has 1 amide bonds. The van der Waals surface area contributed by atoms with Gasteiger partial charge in [-0.25, -0.2) is 0 Å². The molecule has 0 radical (unpaired) electrons. The van der Waals surface area contributed by atoms with E-state index in [0.29, 0.717) is 46.3 Å². The van der Waals surface area contributed by atoms with Crippen molar-refractivity contribution in [1.82, 2.24) is 10.2 Å². The molecule has 38 heavy (non-hydrogen) atoms. The lowest BCUT2D eigenvalue weighted by molar-refractivity contribution is -0.247. The Balaban J connectivity index is 1.38. The molecule has 1 saturated heterocycles. The number of nitrogens with one attached hydrogen (secondary N) is 1. The molecule has 4 nitrogen and oxygen atoms in total. The molecule has 4 heteroatoms. The first-order chi connectivity index (χ1) is 17.8. The molecule has 6 aliphatic rings. The van der Waals surface area contributed by atoms with Gasteiger partial charge in [0.15, 0.2) is 0 Å². The number of carbonyl (C=O) groups is 1. The molecule has 6 rings (SSSR count). The lowest BCUT2D eigenvalue weighted by Crippen LogP contribution is -2.67. The van der Waals surface area contributed by atoms with Gasteiger partial charge < -0.3 is 15.3 Å². The number of hydrogen-bond donors (Lipinski definition) is 2. The van der Waals surface area contributed by atoms with Gasteiger partial charge in [0.2, 0.25) is 5.91 Å². The van der Waals surface area contributed by atoms with Gasteiger partial charge in [0.1, 0.15) is 0 Å². The molecular formula is C34H56N2O2. The van der Waals surface area contributed by atoms with Crippen molar-refractivity contribution in [3.63, 3.8) is 0 Å². The van der Waals surface area contributed by atoms with Crippen LogP contribution in [0.4, 0.5) is 0 Å². The molecule has 0 aromatic rings. The predicted octanol–water partition coefficient (Wildman–Crippen LogP) is 6.44. The van der Waals surface area contributed by atoms with Crippen molar-refractivity contribution in [3.8, 4) is 0 Å². The normalized spacial score (nSPS) is 51.8. The number of aliphatic hydroxyl groups excluding tert-OH is 1. The van der Waals surface area contributed by atoms with Gasteiger partial charge in [-0.3, -0.25) is 4.79 Å². The largest absolute Gasteiger partial charge is 0.393 e. The van der Waals surface area contributed by atoms with Crippen LogP contribution in [-0.2, 0) is 4.79 Å². The topological polar surface area (TPSA) is 52.6 Å². The van der Waals surface area contributed by atoms with E-state index in [1.165, 1.54) is 44.1 Å². The highest BCUT2D eigenvalue weighted by Crippen LogP contribution is 2.77. The Hall–Kier alpha value is -0.870. The van der Waals surface area contributed by atoms with Crippen LogP contribution in [0.1, 0.15) is 106 Å². The van der Waals surface area contributed by atoms with Crippen molar-refractivity contribution in [2.45, 2.75) is 112 Å². The third-order valence-corrected chi connectivity index (χ3v) is 14.9. The van der Waals surface area contributed by atoms with Crippen molar-refractivity contribution >= 4 is 5.91 Å². The summed E-state index contributed by atoms with van der Waals surface area (Å²) in [6.07, 6.45) is 11.5. The SMILES string of the molecule is C=C(C)[C@@H]1CC[C@]2(C(=O)N3CCNCC3)CC[C@]3(C)[C@H](CC[C@@H]4[C@@]5(C)CC[C@H](O)C(C)(C)[C@@H]5CC[C@]43C)[C@@H]12. The van der Waals surface area contributed by atoms with Gasteiger partial charge in [0.25, 0.3) is 0 Å². The highest BCUT2D eigenvalue weighted by Gasteiger charge is 2.72. The summed E-state index contributed by atoms with van der Waals surface area (Å²) >= 11 is 0. The van der Waals surface area contributed by atoms with Gasteiger partial charge in [-0.15, -0.1) is 0 Å². The molecule has 0 aromatic carbocycles. The second-order valence-corrected chi connectivity index (χ2v) is 16.3. The summed E-state index contributed by atoms with van der Waals surface area (Å²) < 4.78 is 0. The van der Waals surface area contributed by atoms with E-state index in [1.54, 1.807) is 0 Å². The summed E-state index contributed by atoms with van der Waals surface area (Å²) in [5.41, 5.74) is 2.01. The quantitative estimate of drug-likeness (QED) is 0.409. The predicted molar refractivity (Wildman–Crippen MR) is 154 cm³/mol. The summed E-state index contributed by atoms with van der Waals surface area (Å²) in [7, 11) is 0. The van der Waals surface area contributed by atoms with Gasteiger partial charge in [0, 0.05) is 26.2 Å². The van der Waals surface area contributed by atoms with Gasteiger partial charge in [-0.1, -0.05) is 46.8 Å². The summed E-state index contributed by atoms with van der Waals surface area (Å²) in [4.78, 5) is 16.7. The highest BCUT2D eigenvalue weighted by atomic mass is 16.3. The van der Waals surface area contributed by atoms with E-state index in [-0.39, 0.29) is 22.3 Å². The van der Waals surface area contributed by atoms with Crippen LogP contribution in [-0.4, -0.2) is 48.2 Å². The van der Waals surface area contributed by atoms with E-state index in [2.05, 4.69) is 58.3 Å². The van der Waals surface area contributed by atoms with E-state index in [4.69, 9.17) is 0 Å². The fourth-order valence-electron chi connectivity index (χ4n) is 12.7. The van der Waals surface area contributed by atoms with Crippen LogP contribution in [0, 0.1) is 56.7 Å². The molecule has 1 heterocycles. The molecule has 214 valence electrons. The van der Waals surface area contributed by atoms with Crippen molar-refractivity contribution in [2.24, 2.45) is 56.7 Å². The third-order valence-electron chi connectivity index (χ3n) is 14.9. The Morgan fingerprint density at radius 3 is 2.24 bits per heavy atom. The number of aliphatic hydroxyl groups is 1. The Morgan fingerprint density at radius 1 is 0.842 bits per heavy atom. The van der Waals surface area contributed by atoms with Crippen LogP contribution >= 0.6 is 0 Å². The van der Waals surface area contributed by atoms with Crippen molar-refractivity contribution in [2.75, 3.05) is 26.2 Å². The molecule has 1 aliphatic heterocycles. The molecule has 5 aliphatic carbocycles. The number of nitrogens with zero attached hydrogens (tertiary/aromatic N) is 1. The molecule has 0 spiro atoms. The second-order valence-electron chi connectivity index (χ2n) is 16.3. The Labute approximate surface area is 232 Å². The number of hydrogen-bond acceptors (Lipinski definition) is 3. The molecule has 0 aromatic heterocycles. The first kappa shape index (κ1) is 27.3. The number of carbonyl (C=O) groups excluding carboxylic acids is 1. The highest BCUT2D eigenvalue weighted by molar-refractivity contribution is 5.84. The van der Waals surface area contributed by atoms with Gasteiger partial charge in [-0.05, 0) is 122 Å². The van der Waals surface area contributed by atoms with E-state index in [9.17, 15) is 9.90 Å². The molecule has 5 saturated carbocycles. The molecule has 0 bridgehead atoms. The van der Waals surface area contributed by atoms with Crippen LogP contribution < -0.4 is 5.32 Å². The Bertz CT molecular complexity index is 985. The van der Waals surface area contributed by atoms with E-state index in [0.717, 1.165) is 51.9 Å². The minimum atomic E-state index is -0.174. The molecule has 6 fully saturated rings. The van der Waals surface area contributed by atoms with Crippen LogP contribution in [0.25, 0.3) is 0 Å². The minimum absolute atomic E-state index is 0.0000211. The van der Waals surface area contributed by atoms with Gasteiger partial charge >= 0.3 is 0 Å². The van der Waals surface area contributed by atoms with Crippen molar-refractivity contribution < 1.29 is 9.90 Å². The Morgan fingerprint density at radius 2 is 1.55 bits per heavy atom. The summed E-state index contributed by atoms with van der Waals surface area (Å²) in [5.74, 6) is 3.35. The van der Waals surface area contributed by atoms with Crippen LogP contribution in [0.2, 0.25) is 0 Å². The number of amides is 1. The van der Waals surface area contributed by atoms with Gasteiger partial charge in [0.05, 0.1) is 11.5 Å². The minimum Gasteiger partial charge on any atom is -0.393 e. The van der Waals surface area contributed by atoms with E-state index >= 15 is 0 Å². The first-order valence-electron chi connectivity index (χ1n) is 16.2. The maximum Gasteiger partial charge on any atom is 0.229 e. The third kappa shape index (κ3) is 3.37. The first-order valence-corrected chi connectivity index (χ1v) is 16.2. The average molecular weight is 525 g/mol.